The van der Waals surface area contributed by atoms with Crippen molar-refractivity contribution in [2.45, 2.75) is 69.4 Å². The third-order valence-electron chi connectivity index (χ3n) is 13.6. The first-order valence-corrected chi connectivity index (χ1v) is 26.8. The van der Waals surface area contributed by atoms with E-state index in [-0.39, 0.29) is 31.3 Å². The number of rotatable bonds is 21. The Balaban J connectivity index is 1.18. The van der Waals surface area contributed by atoms with Gasteiger partial charge in [-0.3, -0.25) is 0 Å². The molecule has 0 amide bonds. The highest BCUT2D eigenvalue weighted by atomic mass is 32.2. The number of imidazole rings is 1. The average molecular weight is 1010 g/mol. The van der Waals surface area contributed by atoms with Crippen LogP contribution in [0.3, 0.4) is 0 Å². The highest BCUT2D eigenvalue weighted by Crippen LogP contribution is 2.35. The summed E-state index contributed by atoms with van der Waals surface area (Å²) in [4.78, 5) is 32.6. The van der Waals surface area contributed by atoms with Gasteiger partial charge in [0.2, 0.25) is 10.0 Å². The Kier molecular flexibility index (Phi) is 17.6. The number of ether oxygens (including phenoxy) is 4. The number of aliphatic hydroxyl groups excluding tert-OH is 2. The van der Waals surface area contributed by atoms with Gasteiger partial charge in [-0.15, -0.1) is 0 Å². The van der Waals surface area contributed by atoms with Crippen LogP contribution in [0.1, 0.15) is 43.9 Å². The van der Waals surface area contributed by atoms with Crippen molar-refractivity contribution >= 4 is 27.5 Å². The minimum Gasteiger partial charge on any atom is -0.491 e. The van der Waals surface area contributed by atoms with Crippen molar-refractivity contribution < 1.29 is 37.6 Å². The van der Waals surface area contributed by atoms with Gasteiger partial charge in [0.1, 0.15) is 60.1 Å². The van der Waals surface area contributed by atoms with Gasteiger partial charge in [0, 0.05) is 134 Å². The van der Waals surface area contributed by atoms with Gasteiger partial charge in [-0.1, -0.05) is 18.2 Å². The van der Waals surface area contributed by atoms with Crippen LogP contribution in [0.15, 0.2) is 60.8 Å². The molecule has 2 aromatic carbocycles. The molecule has 3 aliphatic rings. The zero-order valence-corrected chi connectivity index (χ0v) is 43.5. The lowest BCUT2D eigenvalue weighted by molar-refractivity contribution is 0.0852. The molecular formula is C51H72N12O8S. The number of hydrogen-bond acceptors (Lipinski definition) is 18. The van der Waals surface area contributed by atoms with E-state index >= 15 is 0 Å². The molecular weight excluding hydrogens is 941 g/mol. The van der Waals surface area contributed by atoms with Gasteiger partial charge < -0.3 is 59.1 Å². The van der Waals surface area contributed by atoms with Crippen LogP contribution < -0.4 is 34.8 Å². The number of sulfonamides is 1. The summed E-state index contributed by atoms with van der Waals surface area (Å²) in [7, 11) is 6.26. The van der Waals surface area contributed by atoms with E-state index in [1.807, 2.05) is 79.3 Å². The van der Waals surface area contributed by atoms with E-state index < -0.39 is 22.2 Å². The van der Waals surface area contributed by atoms with Gasteiger partial charge in [0.25, 0.3) is 0 Å². The molecule has 6 heterocycles. The number of likely N-dealkylation sites (N-methyl/N-ethyl adjacent to an activating group) is 2. The van der Waals surface area contributed by atoms with E-state index in [2.05, 4.69) is 39.4 Å². The zero-order chi connectivity index (χ0) is 50.9. The topological polar surface area (TPSA) is 218 Å². The van der Waals surface area contributed by atoms with Crippen LogP contribution in [0.5, 0.6) is 11.5 Å². The van der Waals surface area contributed by atoms with Crippen molar-refractivity contribution in [1.82, 2.24) is 44.4 Å². The third-order valence-corrected chi connectivity index (χ3v) is 15.0. The molecule has 0 saturated carbocycles. The Labute approximate surface area is 423 Å². The summed E-state index contributed by atoms with van der Waals surface area (Å²) in [6, 6.07) is 17.6. The van der Waals surface area contributed by atoms with Gasteiger partial charge in [-0.25, -0.2) is 33.3 Å². The summed E-state index contributed by atoms with van der Waals surface area (Å²) < 4.78 is 52.5. The van der Waals surface area contributed by atoms with E-state index in [0.717, 1.165) is 59.7 Å². The molecule has 3 fully saturated rings. The predicted molar refractivity (Wildman–Crippen MR) is 279 cm³/mol. The summed E-state index contributed by atoms with van der Waals surface area (Å²) >= 11 is 0. The maximum absolute atomic E-state index is 12.7. The van der Waals surface area contributed by atoms with Gasteiger partial charge in [-0.2, -0.15) is 4.31 Å². The fourth-order valence-corrected chi connectivity index (χ4v) is 10.8. The van der Waals surface area contributed by atoms with E-state index in [9.17, 15) is 18.6 Å². The lowest BCUT2D eigenvalue weighted by Gasteiger charge is -2.39. The summed E-state index contributed by atoms with van der Waals surface area (Å²) in [5, 5.41) is 26.9. The monoisotopic (exact) mass is 1010 g/mol. The minimum absolute atomic E-state index is 0.0775. The van der Waals surface area contributed by atoms with Crippen LogP contribution >= 0.6 is 0 Å². The lowest BCUT2D eigenvalue weighted by atomic mass is 10.0. The van der Waals surface area contributed by atoms with Gasteiger partial charge >= 0.3 is 0 Å². The predicted octanol–water partition coefficient (Wildman–Crippen LogP) is 3.21. The highest BCUT2D eigenvalue weighted by molar-refractivity contribution is 7.88. The van der Waals surface area contributed by atoms with Crippen molar-refractivity contribution in [2.75, 3.05) is 122 Å². The fraction of sp³-hybridized carbons (Fsp3) is 0.549. The molecule has 5 aromatic rings. The van der Waals surface area contributed by atoms with Crippen LogP contribution in [0.25, 0.3) is 34.3 Å². The second-order valence-corrected chi connectivity index (χ2v) is 21.1. The van der Waals surface area contributed by atoms with E-state index in [1.54, 1.807) is 18.4 Å². The largest absolute Gasteiger partial charge is 0.491 e. The quantitative estimate of drug-likeness (QED) is 0.0830. The van der Waals surface area contributed by atoms with Crippen molar-refractivity contribution in [3.05, 3.63) is 72.1 Å². The molecule has 3 atom stereocenters. The Bertz CT molecular complexity index is 2700. The zero-order valence-electron chi connectivity index (χ0n) is 42.7. The molecule has 390 valence electrons. The molecule has 3 aromatic heterocycles. The summed E-state index contributed by atoms with van der Waals surface area (Å²) in [5.74, 6) is 4.98. The van der Waals surface area contributed by atoms with Crippen LogP contribution in [0.2, 0.25) is 0 Å². The number of benzene rings is 2. The summed E-state index contributed by atoms with van der Waals surface area (Å²) in [6.07, 6.45) is 5.73. The minimum atomic E-state index is -3.39. The maximum atomic E-state index is 12.7. The smallest absolute Gasteiger partial charge is 0.211 e. The number of nitrogens with one attached hydrogen (secondary N) is 2. The Morgan fingerprint density at radius 1 is 0.778 bits per heavy atom. The molecule has 3 saturated heterocycles. The molecule has 0 bridgehead atoms. The fourth-order valence-electron chi connectivity index (χ4n) is 9.66. The second-order valence-electron chi connectivity index (χ2n) is 19.2. The first-order valence-electron chi connectivity index (χ1n) is 25.0. The maximum Gasteiger partial charge on any atom is 0.211 e. The van der Waals surface area contributed by atoms with E-state index in [0.29, 0.717) is 106 Å². The van der Waals surface area contributed by atoms with Crippen LogP contribution in [-0.2, 0) is 33.0 Å². The number of aromatic nitrogens is 6. The SMILES string of the molecule is CNCC(O)COc1cccc(-c2nc(-c3nc(Cc4ccc(OCC(O)CNC)cc4-c4nc(N5CCN(S(C)(=O)=O)[C@@H](C)C5)cc(N(C)C5CCOCC5)n4)cn3C)cc(N(C)C3CCOCC3)n2)c1. The summed E-state index contributed by atoms with van der Waals surface area (Å²) in [5.41, 5.74) is 3.82. The standard InChI is InChI=1S/C51H72N12O8S/c1-34-30-62(17-18-63(34)72(7,66)67)48-27-47(61(6)39-15-21-69-22-16-39)57-50(58-48)44-25-43(71-33-41(65)29-53-3)12-11-35(44)23-37-31-59(4)51(54-37)45-26-46(60(5)38-13-19-68-20-14-38)56-49(55-45)36-9-8-10-42(24-36)70-32-40(64)28-52-2/h8-12,24-27,31,34,38-41,52-53,64-65H,13-23,28-30,32-33H2,1-7H3/t34-,40?,41?/m0/s1. The normalized spacial score (nSPS) is 18.2. The molecule has 0 aliphatic carbocycles. The van der Waals surface area contributed by atoms with Gasteiger partial charge in [-0.05, 0) is 76.5 Å². The van der Waals surface area contributed by atoms with Crippen molar-refractivity contribution in [3.8, 4) is 45.8 Å². The summed E-state index contributed by atoms with van der Waals surface area (Å²) in [6.45, 7) is 6.85. The van der Waals surface area contributed by atoms with Crippen LogP contribution in [0, 0.1) is 0 Å². The number of aliphatic hydroxyl groups is 2. The Morgan fingerprint density at radius 3 is 2.00 bits per heavy atom. The van der Waals surface area contributed by atoms with E-state index in [1.165, 1.54) is 6.26 Å². The van der Waals surface area contributed by atoms with Crippen LogP contribution in [-0.4, -0.2) is 190 Å². The highest BCUT2D eigenvalue weighted by Gasteiger charge is 2.32. The first-order chi connectivity index (χ1) is 34.7. The average Bonchev–Trinajstić information content (AvgIpc) is 3.76. The molecule has 8 rings (SSSR count). The molecule has 0 radical (unpaired) electrons. The molecule has 2 unspecified atom stereocenters. The molecule has 72 heavy (non-hydrogen) atoms. The number of piperazine rings is 1. The Hall–Kier alpha value is -5.52. The lowest BCUT2D eigenvalue weighted by Crippen LogP contribution is -2.54. The number of aryl methyl sites for hydroxylation is 1. The first kappa shape index (κ1) is 52.8. The second kappa shape index (κ2) is 24.0. The number of anilines is 3. The Morgan fingerprint density at radius 2 is 1.39 bits per heavy atom. The van der Waals surface area contributed by atoms with Gasteiger partial charge in [0.15, 0.2) is 17.5 Å². The van der Waals surface area contributed by atoms with Crippen molar-refractivity contribution in [2.24, 2.45) is 7.05 Å². The number of hydrogen-bond donors (Lipinski definition) is 4. The van der Waals surface area contributed by atoms with Crippen molar-refractivity contribution in [3.63, 3.8) is 0 Å². The van der Waals surface area contributed by atoms with Crippen LogP contribution in [0.4, 0.5) is 17.5 Å². The van der Waals surface area contributed by atoms with E-state index in [4.69, 9.17) is 43.9 Å². The molecule has 21 heteroatoms. The number of nitrogens with zero attached hydrogens (tertiary/aromatic N) is 10. The molecule has 0 spiro atoms. The molecule has 20 nitrogen and oxygen atoms in total. The third kappa shape index (κ3) is 13.2. The van der Waals surface area contributed by atoms with Gasteiger partial charge in [0.05, 0.1) is 11.9 Å². The molecule has 3 aliphatic heterocycles. The van der Waals surface area contributed by atoms with Crippen molar-refractivity contribution in [1.29, 1.82) is 0 Å². The molecule has 4 N–H and O–H groups in total.